The maximum Gasteiger partial charge on any atom is 0.127 e. The molecule has 0 aromatic heterocycles. The van der Waals surface area contributed by atoms with Crippen LogP contribution in [0.3, 0.4) is 0 Å². The molecule has 2 N–H and O–H groups in total. The monoisotopic (exact) mass is 278 g/mol. The van der Waals surface area contributed by atoms with Gasteiger partial charge in [0.15, 0.2) is 0 Å². The van der Waals surface area contributed by atoms with E-state index in [1.54, 1.807) is 12.1 Å². The van der Waals surface area contributed by atoms with E-state index in [1.165, 1.54) is 6.07 Å². The van der Waals surface area contributed by atoms with Crippen LogP contribution in [0.15, 0.2) is 18.2 Å². The standard InChI is InChI=1S/C12H16ClFN2.ClH/c13-10-3-4-12(14)9(6-10)8-16-5-1-2-11(16)7-15;/h3-4,6,11H,1-2,5,7-8,15H2;1H. The lowest BCUT2D eigenvalue weighted by molar-refractivity contribution is 0.247. The van der Waals surface area contributed by atoms with Crippen molar-refractivity contribution in [2.24, 2.45) is 5.73 Å². The molecule has 1 saturated heterocycles. The molecular formula is C12H17Cl2FN2. The largest absolute Gasteiger partial charge is 0.329 e. The summed E-state index contributed by atoms with van der Waals surface area (Å²) >= 11 is 5.86. The molecule has 0 spiro atoms. The number of halogens is 3. The summed E-state index contributed by atoms with van der Waals surface area (Å²) in [7, 11) is 0. The first-order valence-electron chi connectivity index (χ1n) is 5.58. The highest BCUT2D eigenvalue weighted by Crippen LogP contribution is 2.22. The number of nitrogens with zero attached hydrogens (tertiary/aromatic N) is 1. The second-order valence-corrected chi connectivity index (χ2v) is 4.67. The third-order valence-corrected chi connectivity index (χ3v) is 3.39. The molecule has 5 heteroatoms. The third kappa shape index (κ3) is 3.55. The van der Waals surface area contributed by atoms with E-state index in [9.17, 15) is 4.39 Å². The van der Waals surface area contributed by atoms with Crippen LogP contribution in [0, 0.1) is 5.82 Å². The fraction of sp³-hybridized carbons (Fsp3) is 0.500. The average Bonchev–Trinajstić information content (AvgIpc) is 2.71. The number of hydrogen-bond acceptors (Lipinski definition) is 2. The maximum atomic E-state index is 13.5. The molecule has 96 valence electrons. The minimum absolute atomic E-state index is 0. The van der Waals surface area contributed by atoms with Crippen LogP contribution in [0.25, 0.3) is 0 Å². The fourth-order valence-corrected chi connectivity index (χ4v) is 2.45. The first-order valence-corrected chi connectivity index (χ1v) is 5.96. The molecule has 0 bridgehead atoms. The Bertz CT molecular complexity index is 374. The SMILES string of the molecule is Cl.NCC1CCCN1Cc1cc(Cl)ccc1F. The van der Waals surface area contributed by atoms with Crippen LogP contribution in [0.2, 0.25) is 5.02 Å². The number of likely N-dealkylation sites (tertiary alicyclic amines) is 1. The zero-order valence-corrected chi connectivity index (χ0v) is 11.1. The fourth-order valence-electron chi connectivity index (χ4n) is 2.25. The van der Waals surface area contributed by atoms with Gasteiger partial charge in [0.25, 0.3) is 0 Å². The van der Waals surface area contributed by atoms with Crippen molar-refractivity contribution in [3.8, 4) is 0 Å². The van der Waals surface area contributed by atoms with E-state index in [0.717, 1.165) is 19.4 Å². The van der Waals surface area contributed by atoms with E-state index in [2.05, 4.69) is 4.90 Å². The minimum atomic E-state index is -0.188. The summed E-state index contributed by atoms with van der Waals surface area (Å²) in [5.41, 5.74) is 6.34. The van der Waals surface area contributed by atoms with E-state index in [0.29, 0.717) is 29.7 Å². The lowest BCUT2D eigenvalue weighted by Crippen LogP contribution is -2.35. The second kappa shape index (κ2) is 6.55. The smallest absolute Gasteiger partial charge is 0.127 e. The highest BCUT2D eigenvalue weighted by atomic mass is 35.5. The van der Waals surface area contributed by atoms with E-state index in [1.807, 2.05) is 0 Å². The van der Waals surface area contributed by atoms with Crippen molar-refractivity contribution in [3.63, 3.8) is 0 Å². The van der Waals surface area contributed by atoms with E-state index >= 15 is 0 Å². The third-order valence-electron chi connectivity index (χ3n) is 3.15. The molecule has 2 nitrogen and oxygen atoms in total. The van der Waals surface area contributed by atoms with Gasteiger partial charge in [0.05, 0.1) is 0 Å². The Morgan fingerprint density at radius 2 is 2.24 bits per heavy atom. The molecule has 1 aliphatic heterocycles. The van der Waals surface area contributed by atoms with Crippen LogP contribution in [0.4, 0.5) is 4.39 Å². The molecule has 1 atom stereocenters. The zero-order chi connectivity index (χ0) is 11.5. The maximum absolute atomic E-state index is 13.5. The van der Waals surface area contributed by atoms with Crippen molar-refractivity contribution < 1.29 is 4.39 Å². The van der Waals surface area contributed by atoms with Crippen molar-refractivity contribution in [3.05, 3.63) is 34.6 Å². The summed E-state index contributed by atoms with van der Waals surface area (Å²) < 4.78 is 13.5. The van der Waals surface area contributed by atoms with Gasteiger partial charge in [-0.25, -0.2) is 4.39 Å². The lowest BCUT2D eigenvalue weighted by atomic mass is 10.1. The van der Waals surface area contributed by atoms with Gasteiger partial charge in [-0.2, -0.15) is 0 Å². The molecule has 1 fully saturated rings. The zero-order valence-electron chi connectivity index (χ0n) is 9.53. The van der Waals surface area contributed by atoms with Crippen molar-refractivity contribution in [2.45, 2.75) is 25.4 Å². The van der Waals surface area contributed by atoms with Gasteiger partial charge < -0.3 is 5.73 Å². The topological polar surface area (TPSA) is 29.3 Å². The number of nitrogens with two attached hydrogens (primary N) is 1. The summed E-state index contributed by atoms with van der Waals surface area (Å²) in [5.74, 6) is -0.188. The predicted octanol–water partition coefficient (Wildman–Crippen LogP) is 2.82. The summed E-state index contributed by atoms with van der Waals surface area (Å²) in [6.07, 6.45) is 2.25. The number of hydrogen-bond donors (Lipinski definition) is 1. The number of rotatable bonds is 3. The van der Waals surface area contributed by atoms with Crippen molar-refractivity contribution in [2.75, 3.05) is 13.1 Å². The molecule has 0 aliphatic carbocycles. The Morgan fingerprint density at radius 1 is 1.47 bits per heavy atom. The minimum Gasteiger partial charge on any atom is -0.329 e. The van der Waals surface area contributed by atoms with Gasteiger partial charge in [0.2, 0.25) is 0 Å². The summed E-state index contributed by atoms with van der Waals surface area (Å²) in [6.45, 7) is 2.24. The molecule has 1 aromatic carbocycles. The molecule has 1 unspecified atom stereocenters. The molecule has 1 heterocycles. The van der Waals surface area contributed by atoms with Gasteiger partial charge in [0.1, 0.15) is 5.82 Å². The highest BCUT2D eigenvalue weighted by Gasteiger charge is 2.23. The molecule has 0 saturated carbocycles. The Labute approximate surface area is 112 Å². The summed E-state index contributed by atoms with van der Waals surface area (Å²) in [6, 6.07) is 5.08. The normalized spacial score (nSPS) is 20.3. The Hall–Kier alpha value is -0.350. The van der Waals surface area contributed by atoms with Crippen LogP contribution < -0.4 is 5.73 Å². The summed E-state index contributed by atoms with van der Waals surface area (Å²) in [5, 5.41) is 0.583. The first-order chi connectivity index (χ1) is 7.70. The Balaban J connectivity index is 0.00000144. The Morgan fingerprint density at radius 3 is 2.94 bits per heavy atom. The van der Waals surface area contributed by atoms with E-state index in [4.69, 9.17) is 17.3 Å². The molecule has 0 amide bonds. The molecule has 1 aliphatic rings. The van der Waals surface area contributed by atoms with Gasteiger partial charge in [-0.3, -0.25) is 4.90 Å². The predicted molar refractivity (Wildman–Crippen MR) is 71.1 cm³/mol. The van der Waals surface area contributed by atoms with Crippen LogP contribution in [0.1, 0.15) is 18.4 Å². The van der Waals surface area contributed by atoms with Crippen LogP contribution >= 0.6 is 24.0 Å². The molecular weight excluding hydrogens is 262 g/mol. The highest BCUT2D eigenvalue weighted by molar-refractivity contribution is 6.30. The van der Waals surface area contributed by atoms with Crippen LogP contribution in [0.5, 0.6) is 0 Å². The van der Waals surface area contributed by atoms with Gasteiger partial charge in [-0.1, -0.05) is 11.6 Å². The molecule has 1 aromatic rings. The molecule has 2 rings (SSSR count). The number of benzene rings is 1. The van der Waals surface area contributed by atoms with Crippen molar-refractivity contribution in [1.82, 2.24) is 4.90 Å². The summed E-state index contributed by atoms with van der Waals surface area (Å²) in [4.78, 5) is 2.23. The van der Waals surface area contributed by atoms with Gasteiger partial charge in [-0.15, -0.1) is 12.4 Å². The van der Waals surface area contributed by atoms with Crippen molar-refractivity contribution in [1.29, 1.82) is 0 Å². The second-order valence-electron chi connectivity index (χ2n) is 4.24. The van der Waals surface area contributed by atoms with Crippen molar-refractivity contribution >= 4 is 24.0 Å². The molecule has 17 heavy (non-hydrogen) atoms. The van der Waals surface area contributed by atoms with Gasteiger partial charge in [0, 0.05) is 29.7 Å². The van der Waals surface area contributed by atoms with Crippen LogP contribution in [-0.2, 0) is 6.54 Å². The quantitative estimate of drug-likeness (QED) is 0.921. The van der Waals surface area contributed by atoms with E-state index < -0.39 is 0 Å². The lowest BCUT2D eigenvalue weighted by Gasteiger charge is -2.23. The van der Waals surface area contributed by atoms with E-state index in [-0.39, 0.29) is 18.2 Å². The molecule has 0 radical (unpaired) electrons. The van der Waals surface area contributed by atoms with Crippen LogP contribution in [-0.4, -0.2) is 24.0 Å². The first kappa shape index (κ1) is 14.7. The van der Waals surface area contributed by atoms with Gasteiger partial charge >= 0.3 is 0 Å². The Kier molecular flexibility index (Phi) is 5.67. The van der Waals surface area contributed by atoms with Gasteiger partial charge in [-0.05, 0) is 37.6 Å². The average molecular weight is 279 g/mol.